The molecule has 0 aliphatic rings. The van der Waals surface area contributed by atoms with Gasteiger partial charge in [0, 0.05) is 0 Å². The quantitative estimate of drug-likeness (QED) is 0.662. The molecular formula is C7H6BrClHg. The second-order valence-corrected chi connectivity index (χ2v) is 12.9. The van der Waals surface area contributed by atoms with Crippen LogP contribution in [-0.4, -0.2) is 0 Å². The Bertz CT molecular complexity index is 197. The van der Waals surface area contributed by atoms with Gasteiger partial charge < -0.3 is 0 Å². The summed E-state index contributed by atoms with van der Waals surface area (Å²) >= 11 is 8.66. The van der Waals surface area contributed by atoms with Crippen molar-refractivity contribution >= 4 is 23.5 Å². The Balaban J connectivity index is 2.69. The van der Waals surface area contributed by atoms with Crippen molar-refractivity contribution in [2.75, 3.05) is 0 Å². The van der Waals surface area contributed by atoms with E-state index in [9.17, 15) is 0 Å². The minimum atomic E-state index is -0.649. The van der Waals surface area contributed by atoms with E-state index < -0.39 is 22.1 Å². The third-order valence-electron chi connectivity index (χ3n) is 1.30. The average Bonchev–Trinajstić information content (AvgIpc) is 1.95. The van der Waals surface area contributed by atoms with Crippen LogP contribution in [0.4, 0.5) is 0 Å². The van der Waals surface area contributed by atoms with Gasteiger partial charge in [-0.3, -0.25) is 0 Å². The molecule has 3 heteroatoms. The molecule has 0 saturated heterocycles. The van der Waals surface area contributed by atoms with Gasteiger partial charge in [0.15, 0.2) is 0 Å². The van der Waals surface area contributed by atoms with Crippen LogP contribution in [0, 0.1) is 0 Å². The van der Waals surface area contributed by atoms with E-state index in [-0.39, 0.29) is 0 Å². The SMILES string of the molecule is Clc1ccc([CH2][Hg][Br])cc1. The summed E-state index contributed by atoms with van der Waals surface area (Å²) in [7, 11) is 0. The van der Waals surface area contributed by atoms with Crippen molar-refractivity contribution in [2.24, 2.45) is 0 Å². The molecule has 0 atom stereocenters. The van der Waals surface area contributed by atoms with Gasteiger partial charge in [-0.1, -0.05) is 0 Å². The molecule has 0 aliphatic heterocycles. The summed E-state index contributed by atoms with van der Waals surface area (Å²) in [5, 5.41) is 0.829. The summed E-state index contributed by atoms with van der Waals surface area (Å²) in [5.41, 5.74) is 1.42. The summed E-state index contributed by atoms with van der Waals surface area (Å²) in [6.07, 6.45) is 0. The normalized spacial score (nSPS) is 9.00. The van der Waals surface area contributed by atoms with Gasteiger partial charge in [-0.05, 0) is 0 Å². The van der Waals surface area contributed by atoms with Gasteiger partial charge in [-0.2, -0.15) is 0 Å². The van der Waals surface area contributed by atoms with Gasteiger partial charge in [-0.15, -0.1) is 0 Å². The van der Waals surface area contributed by atoms with Crippen LogP contribution in [0.5, 0.6) is 0 Å². The van der Waals surface area contributed by atoms with Gasteiger partial charge in [0.1, 0.15) is 0 Å². The fraction of sp³-hybridized carbons (Fsp3) is 0.143. The van der Waals surface area contributed by atoms with Gasteiger partial charge in [0.05, 0.1) is 0 Å². The van der Waals surface area contributed by atoms with E-state index in [1.807, 2.05) is 12.1 Å². The Labute approximate surface area is 83.7 Å². The Morgan fingerprint density at radius 2 is 1.90 bits per heavy atom. The van der Waals surface area contributed by atoms with Gasteiger partial charge in [-0.25, -0.2) is 0 Å². The number of hydrogen-bond donors (Lipinski definition) is 0. The Morgan fingerprint density at radius 1 is 1.30 bits per heavy atom. The van der Waals surface area contributed by atoms with Crippen molar-refractivity contribution in [3.05, 3.63) is 34.9 Å². The first kappa shape index (κ1) is 9.02. The molecule has 50 valence electrons. The third kappa shape index (κ3) is 2.89. The van der Waals surface area contributed by atoms with Crippen LogP contribution in [0.3, 0.4) is 0 Å². The second-order valence-electron chi connectivity index (χ2n) is 2.07. The Hall–Kier alpha value is 0.925. The molecular weight excluding hydrogens is 400 g/mol. The average molecular weight is 406 g/mol. The third-order valence-corrected chi connectivity index (χ3v) is 8.01. The fourth-order valence-electron chi connectivity index (χ4n) is 0.760. The maximum atomic E-state index is 5.72. The van der Waals surface area contributed by atoms with E-state index in [4.69, 9.17) is 11.6 Å². The van der Waals surface area contributed by atoms with Crippen LogP contribution >= 0.6 is 23.5 Å². The summed E-state index contributed by atoms with van der Waals surface area (Å²) in [4.78, 5) is 0. The van der Waals surface area contributed by atoms with Crippen LogP contribution in [0.1, 0.15) is 5.56 Å². The minimum absolute atomic E-state index is 0.649. The van der Waals surface area contributed by atoms with Crippen LogP contribution in [-0.2, 0) is 26.1 Å². The summed E-state index contributed by atoms with van der Waals surface area (Å²) in [6.45, 7) is 0. The molecule has 0 heterocycles. The van der Waals surface area contributed by atoms with E-state index >= 15 is 0 Å². The summed E-state index contributed by atoms with van der Waals surface area (Å²) in [6, 6.07) is 8.11. The van der Waals surface area contributed by atoms with Crippen LogP contribution in [0.15, 0.2) is 24.3 Å². The van der Waals surface area contributed by atoms with E-state index in [0.29, 0.717) is 0 Å². The topological polar surface area (TPSA) is 0 Å². The van der Waals surface area contributed by atoms with Crippen molar-refractivity contribution in [3.63, 3.8) is 0 Å². The molecule has 0 aromatic heterocycles. The Morgan fingerprint density at radius 3 is 2.40 bits per heavy atom. The van der Waals surface area contributed by atoms with Crippen molar-refractivity contribution < 1.29 is 22.1 Å². The molecule has 0 N–H and O–H groups in total. The predicted octanol–water partition coefficient (Wildman–Crippen LogP) is 3.23. The van der Waals surface area contributed by atoms with Crippen molar-refractivity contribution in [2.45, 2.75) is 3.93 Å². The predicted molar refractivity (Wildman–Crippen MR) is 44.1 cm³/mol. The first-order valence-corrected chi connectivity index (χ1v) is 19.3. The molecule has 0 fully saturated rings. The standard InChI is InChI=1S/C7H6Cl.BrH.Hg/c1-6-2-4-7(8)5-3-6;;/h2-5H,1H2;1H;/q;;+1/p-1. The van der Waals surface area contributed by atoms with Crippen molar-refractivity contribution in [1.29, 1.82) is 0 Å². The molecule has 0 saturated carbocycles. The molecule has 1 aromatic rings. The molecule has 0 bridgehead atoms. The number of halogens is 2. The monoisotopic (exact) mass is 406 g/mol. The van der Waals surface area contributed by atoms with E-state index in [2.05, 4.69) is 24.0 Å². The Kier molecular flexibility index (Phi) is 4.27. The molecule has 0 amide bonds. The zero-order valence-corrected chi connectivity index (χ0v) is 13.3. The number of benzene rings is 1. The molecule has 0 radical (unpaired) electrons. The first-order chi connectivity index (χ1) is 4.83. The summed E-state index contributed by atoms with van der Waals surface area (Å²) in [5.74, 6) is 0. The van der Waals surface area contributed by atoms with Gasteiger partial charge >= 0.3 is 84.4 Å². The van der Waals surface area contributed by atoms with Crippen LogP contribution in [0.2, 0.25) is 5.02 Å². The van der Waals surface area contributed by atoms with Gasteiger partial charge in [0.25, 0.3) is 0 Å². The first-order valence-electron chi connectivity index (χ1n) is 3.13. The molecule has 0 aliphatic carbocycles. The molecule has 10 heavy (non-hydrogen) atoms. The second kappa shape index (κ2) is 4.73. The van der Waals surface area contributed by atoms with Crippen molar-refractivity contribution in [1.82, 2.24) is 0 Å². The molecule has 1 aromatic carbocycles. The zero-order chi connectivity index (χ0) is 7.40. The van der Waals surface area contributed by atoms with Crippen molar-refractivity contribution in [3.8, 4) is 0 Å². The number of rotatable bonds is 2. The van der Waals surface area contributed by atoms with E-state index in [0.717, 1.165) is 5.02 Å². The molecule has 0 nitrogen and oxygen atoms in total. The zero-order valence-electron chi connectivity index (χ0n) is 5.48. The summed E-state index contributed by atoms with van der Waals surface area (Å²) < 4.78 is 1.29. The van der Waals surface area contributed by atoms with Gasteiger partial charge in [0.2, 0.25) is 0 Å². The van der Waals surface area contributed by atoms with Crippen LogP contribution in [0.25, 0.3) is 0 Å². The molecule has 0 unspecified atom stereocenters. The van der Waals surface area contributed by atoms with Crippen LogP contribution < -0.4 is 0 Å². The molecule has 0 spiro atoms. The number of hydrogen-bond acceptors (Lipinski definition) is 0. The molecule has 1 rings (SSSR count). The fourth-order valence-corrected chi connectivity index (χ4v) is 7.05. The van der Waals surface area contributed by atoms with E-state index in [1.165, 1.54) is 9.49 Å². The maximum absolute atomic E-state index is 5.72. The van der Waals surface area contributed by atoms with E-state index in [1.54, 1.807) is 0 Å².